The van der Waals surface area contributed by atoms with Crippen LogP contribution in [0.5, 0.6) is 23.0 Å². The number of benzene rings is 3. The van der Waals surface area contributed by atoms with Crippen LogP contribution in [0.15, 0.2) is 59.5 Å². The topological polar surface area (TPSA) is 124 Å². The molecule has 5 rings (SSSR count). The lowest BCUT2D eigenvalue weighted by Gasteiger charge is -2.34. The van der Waals surface area contributed by atoms with Crippen molar-refractivity contribution in [3.63, 3.8) is 0 Å². The summed E-state index contributed by atoms with van der Waals surface area (Å²) in [4.78, 5) is 16.0. The molecule has 11 nitrogen and oxygen atoms in total. The minimum Gasteiger partial charge on any atom is -0.505 e. The van der Waals surface area contributed by atoms with Gasteiger partial charge in [-0.3, -0.25) is 9.69 Å². The number of morpholine rings is 1. The SMILES string of the molecule is COc1ccc(CC[C@@H](OC(=O)[C@@H]2CCCCN2S(=O)(=O)c2cc(Cl)c(O)c(Cl)c2)c2cccc(OCCN3CCOCC3)c2)cc1OC. The number of aromatic hydroxyl groups is 1. The monoisotopic (exact) mass is 736 g/mol. The Bertz CT molecular complexity index is 1680. The molecule has 14 heteroatoms. The van der Waals surface area contributed by atoms with E-state index in [4.69, 9.17) is 46.9 Å². The van der Waals surface area contributed by atoms with Crippen LogP contribution in [-0.2, 0) is 30.7 Å². The number of carbonyl (C=O) groups excluding carboxylic acids is 1. The Balaban J connectivity index is 1.37. The highest BCUT2D eigenvalue weighted by Gasteiger charge is 2.40. The van der Waals surface area contributed by atoms with E-state index in [1.807, 2.05) is 42.5 Å². The fourth-order valence-corrected chi connectivity index (χ4v) is 8.34. The number of nitrogens with zero attached hydrogens (tertiary/aromatic N) is 2. The first-order chi connectivity index (χ1) is 23.6. The Morgan fingerprint density at radius 1 is 0.980 bits per heavy atom. The molecule has 0 aromatic heterocycles. The van der Waals surface area contributed by atoms with Gasteiger partial charge in [-0.2, -0.15) is 4.31 Å². The second kappa shape index (κ2) is 17.1. The van der Waals surface area contributed by atoms with Gasteiger partial charge in [-0.1, -0.05) is 41.4 Å². The van der Waals surface area contributed by atoms with E-state index in [-0.39, 0.29) is 27.9 Å². The molecule has 266 valence electrons. The van der Waals surface area contributed by atoms with Crippen molar-refractivity contribution in [2.24, 2.45) is 0 Å². The highest BCUT2D eigenvalue weighted by Crippen LogP contribution is 2.37. The molecule has 2 heterocycles. The first-order valence-corrected chi connectivity index (χ1v) is 18.4. The second-order valence-electron chi connectivity index (χ2n) is 11.9. The molecular formula is C35H42Cl2N2O9S. The van der Waals surface area contributed by atoms with Crippen molar-refractivity contribution in [2.75, 3.05) is 60.2 Å². The fourth-order valence-electron chi connectivity index (χ4n) is 6.02. The average molecular weight is 738 g/mol. The summed E-state index contributed by atoms with van der Waals surface area (Å²) in [6, 6.07) is 14.3. The van der Waals surface area contributed by atoms with Crippen LogP contribution in [-0.4, -0.2) is 95.0 Å². The Labute approximate surface area is 297 Å². The van der Waals surface area contributed by atoms with E-state index in [2.05, 4.69) is 4.90 Å². The number of phenolic OH excluding ortho intramolecular Hbond substituents is 1. The predicted molar refractivity (Wildman–Crippen MR) is 186 cm³/mol. The van der Waals surface area contributed by atoms with E-state index in [1.165, 1.54) is 0 Å². The van der Waals surface area contributed by atoms with E-state index in [0.29, 0.717) is 62.8 Å². The summed E-state index contributed by atoms with van der Waals surface area (Å²) in [6.45, 7) is 4.49. The average Bonchev–Trinajstić information content (AvgIpc) is 3.12. The molecule has 1 N–H and O–H groups in total. The zero-order valence-electron chi connectivity index (χ0n) is 27.6. The molecule has 2 aliphatic rings. The molecule has 0 saturated carbocycles. The number of rotatable bonds is 14. The number of hydrogen-bond acceptors (Lipinski definition) is 10. The van der Waals surface area contributed by atoms with Gasteiger partial charge in [0.2, 0.25) is 10.0 Å². The number of aryl methyl sites for hydroxylation is 1. The number of hydrogen-bond donors (Lipinski definition) is 1. The Kier molecular flexibility index (Phi) is 12.9. The molecule has 0 aliphatic carbocycles. The maximum absolute atomic E-state index is 14.0. The Morgan fingerprint density at radius 3 is 2.43 bits per heavy atom. The Morgan fingerprint density at radius 2 is 1.71 bits per heavy atom. The third-order valence-electron chi connectivity index (χ3n) is 8.73. The number of esters is 1. The van der Waals surface area contributed by atoms with Crippen LogP contribution in [0.2, 0.25) is 10.0 Å². The van der Waals surface area contributed by atoms with Crippen LogP contribution in [0.4, 0.5) is 0 Å². The molecule has 3 aromatic carbocycles. The third kappa shape index (κ3) is 9.30. The van der Waals surface area contributed by atoms with Crippen molar-refractivity contribution in [1.82, 2.24) is 9.21 Å². The van der Waals surface area contributed by atoms with E-state index >= 15 is 0 Å². The van der Waals surface area contributed by atoms with Crippen LogP contribution in [0, 0.1) is 0 Å². The minimum atomic E-state index is -4.22. The van der Waals surface area contributed by atoms with Crippen LogP contribution in [0.1, 0.15) is 42.9 Å². The molecular weight excluding hydrogens is 695 g/mol. The lowest BCUT2D eigenvalue weighted by atomic mass is 10.00. The molecule has 2 aliphatic heterocycles. The molecule has 0 bridgehead atoms. The van der Waals surface area contributed by atoms with Crippen LogP contribution >= 0.6 is 23.2 Å². The van der Waals surface area contributed by atoms with Crippen LogP contribution in [0.25, 0.3) is 0 Å². The third-order valence-corrected chi connectivity index (χ3v) is 11.2. The van der Waals surface area contributed by atoms with Gasteiger partial charge in [0.1, 0.15) is 24.5 Å². The molecule has 2 fully saturated rings. The number of methoxy groups -OCH3 is 2. The summed E-state index contributed by atoms with van der Waals surface area (Å²) >= 11 is 12.1. The number of phenols is 1. The van der Waals surface area contributed by atoms with Crippen molar-refractivity contribution >= 4 is 39.2 Å². The van der Waals surface area contributed by atoms with Crippen molar-refractivity contribution in [2.45, 2.75) is 49.1 Å². The quantitative estimate of drug-likeness (QED) is 0.201. The van der Waals surface area contributed by atoms with Gasteiger partial charge in [-0.25, -0.2) is 8.42 Å². The molecule has 49 heavy (non-hydrogen) atoms. The lowest BCUT2D eigenvalue weighted by molar-refractivity contribution is -0.155. The number of ether oxygens (including phenoxy) is 5. The molecule has 0 radical (unpaired) electrons. The predicted octanol–water partition coefficient (Wildman–Crippen LogP) is 5.89. The number of halogens is 2. The summed E-state index contributed by atoms with van der Waals surface area (Å²) in [6.07, 6.45) is 1.71. The van der Waals surface area contributed by atoms with E-state index in [1.54, 1.807) is 14.2 Å². The van der Waals surface area contributed by atoms with Crippen molar-refractivity contribution < 1.29 is 42.0 Å². The molecule has 3 aromatic rings. The maximum Gasteiger partial charge on any atom is 0.325 e. The zero-order chi connectivity index (χ0) is 35.0. The number of carbonyl (C=O) groups is 1. The smallest absolute Gasteiger partial charge is 0.325 e. The van der Waals surface area contributed by atoms with E-state index in [0.717, 1.165) is 47.2 Å². The summed E-state index contributed by atoms with van der Waals surface area (Å²) in [5.74, 6) is 0.755. The van der Waals surface area contributed by atoms with Gasteiger partial charge >= 0.3 is 5.97 Å². The second-order valence-corrected chi connectivity index (χ2v) is 14.6. The molecule has 2 saturated heterocycles. The standard InChI is InChI=1S/C35H42Cl2N2O9S/c1-44-32-12-10-24(20-33(32)45-2)9-11-31(25-6-5-7-26(21-25)47-19-16-38-14-17-46-18-15-38)48-35(41)30-8-3-4-13-39(30)49(42,43)27-22-28(36)34(40)29(37)23-27/h5-7,10,12,20-23,30-31,40H,3-4,8-9,11,13-19H2,1-2H3/t30-,31+/m0/s1. The van der Waals surface area contributed by atoms with Gasteiger partial charge in [0.15, 0.2) is 17.2 Å². The molecule has 0 amide bonds. The van der Waals surface area contributed by atoms with Crippen molar-refractivity contribution in [1.29, 1.82) is 0 Å². The van der Waals surface area contributed by atoms with Gasteiger partial charge in [0.05, 0.1) is 42.4 Å². The van der Waals surface area contributed by atoms with Crippen molar-refractivity contribution in [3.05, 3.63) is 75.8 Å². The molecule has 0 spiro atoms. The van der Waals surface area contributed by atoms with Crippen molar-refractivity contribution in [3.8, 4) is 23.0 Å². The minimum absolute atomic E-state index is 0.112. The van der Waals surface area contributed by atoms with Gasteiger partial charge < -0.3 is 28.8 Å². The first kappa shape index (κ1) is 37.0. The zero-order valence-corrected chi connectivity index (χ0v) is 29.9. The molecule has 0 unspecified atom stereocenters. The normalized spacial score (nSPS) is 18.1. The van der Waals surface area contributed by atoms with Crippen LogP contribution in [0.3, 0.4) is 0 Å². The number of sulfonamides is 1. The largest absolute Gasteiger partial charge is 0.505 e. The van der Waals surface area contributed by atoms with Gasteiger partial charge in [-0.05, 0) is 79.6 Å². The highest BCUT2D eigenvalue weighted by molar-refractivity contribution is 7.89. The van der Waals surface area contributed by atoms with Crippen LogP contribution < -0.4 is 14.2 Å². The molecule has 2 atom stereocenters. The summed E-state index contributed by atoms with van der Waals surface area (Å²) in [5.41, 5.74) is 1.67. The lowest BCUT2D eigenvalue weighted by Crippen LogP contribution is -2.48. The first-order valence-electron chi connectivity index (χ1n) is 16.2. The Hall–Kier alpha value is -3.26. The summed E-state index contributed by atoms with van der Waals surface area (Å²) in [5, 5.41) is 9.59. The van der Waals surface area contributed by atoms with E-state index in [9.17, 15) is 18.3 Å². The van der Waals surface area contributed by atoms with Gasteiger partial charge in [0.25, 0.3) is 0 Å². The fraction of sp³-hybridized carbons (Fsp3) is 0.457. The number of piperidine rings is 1. The van der Waals surface area contributed by atoms with E-state index < -0.39 is 33.9 Å². The van der Waals surface area contributed by atoms with Gasteiger partial charge in [-0.15, -0.1) is 0 Å². The van der Waals surface area contributed by atoms with Gasteiger partial charge in [0, 0.05) is 26.2 Å². The maximum atomic E-state index is 14.0. The summed E-state index contributed by atoms with van der Waals surface area (Å²) < 4.78 is 57.4. The summed E-state index contributed by atoms with van der Waals surface area (Å²) in [7, 11) is -1.08. The highest BCUT2D eigenvalue weighted by atomic mass is 35.5.